The molecule has 0 bridgehead atoms. The van der Waals surface area contributed by atoms with Crippen LogP contribution in [-0.2, 0) is 11.3 Å². The quantitative estimate of drug-likeness (QED) is 0.854. The SMILES string of the molecule is CC(Cn1cncc1C(N)C1CCOC1)N(C)C1CC1. The number of aromatic nitrogens is 2. The van der Waals surface area contributed by atoms with Gasteiger partial charge in [-0.05, 0) is 33.2 Å². The molecule has 1 aliphatic heterocycles. The van der Waals surface area contributed by atoms with Crippen LogP contribution >= 0.6 is 0 Å². The van der Waals surface area contributed by atoms with Crippen LogP contribution in [0.25, 0.3) is 0 Å². The first-order valence-electron chi connectivity index (χ1n) is 7.72. The van der Waals surface area contributed by atoms with E-state index in [1.807, 2.05) is 12.5 Å². The van der Waals surface area contributed by atoms with Crippen LogP contribution in [0.4, 0.5) is 0 Å². The highest BCUT2D eigenvalue weighted by Crippen LogP contribution is 2.29. The summed E-state index contributed by atoms with van der Waals surface area (Å²) in [5, 5.41) is 0. The van der Waals surface area contributed by atoms with Crippen molar-refractivity contribution in [1.82, 2.24) is 14.5 Å². The van der Waals surface area contributed by atoms with Crippen molar-refractivity contribution in [2.24, 2.45) is 11.7 Å². The Morgan fingerprint density at radius 2 is 2.30 bits per heavy atom. The first kappa shape index (κ1) is 14.0. The Morgan fingerprint density at radius 1 is 1.50 bits per heavy atom. The Bertz CT molecular complexity index is 437. The second kappa shape index (κ2) is 5.84. The number of hydrogen-bond donors (Lipinski definition) is 1. The Balaban J connectivity index is 1.66. The molecule has 0 spiro atoms. The van der Waals surface area contributed by atoms with E-state index in [4.69, 9.17) is 10.5 Å². The van der Waals surface area contributed by atoms with Gasteiger partial charge in [0.1, 0.15) is 0 Å². The van der Waals surface area contributed by atoms with Gasteiger partial charge < -0.3 is 15.0 Å². The molecule has 2 heterocycles. The van der Waals surface area contributed by atoms with Crippen molar-refractivity contribution in [3.8, 4) is 0 Å². The molecule has 0 aromatic carbocycles. The van der Waals surface area contributed by atoms with Crippen molar-refractivity contribution in [2.45, 2.75) is 50.9 Å². The molecule has 1 aromatic heterocycles. The molecule has 1 saturated heterocycles. The summed E-state index contributed by atoms with van der Waals surface area (Å²) in [5.74, 6) is 0.432. The third kappa shape index (κ3) is 2.90. The third-order valence-electron chi connectivity index (χ3n) is 4.84. The fourth-order valence-corrected chi connectivity index (χ4v) is 3.09. The van der Waals surface area contributed by atoms with Gasteiger partial charge in [0.05, 0.1) is 24.7 Å². The fraction of sp³-hybridized carbons (Fsp3) is 0.800. The second-order valence-corrected chi connectivity index (χ2v) is 6.37. The molecule has 5 nitrogen and oxygen atoms in total. The normalized spacial score (nSPS) is 26.1. The van der Waals surface area contributed by atoms with Gasteiger partial charge in [-0.25, -0.2) is 4.98 Å². The van der Waals surface area contributed by atoms with Crippen molar-refractivity contribution in [1.29, 1.82) is 0 Å². The van der Waals surface area contributed by atoms with Gasteiger partial charge in [0.2, 0.25) is 0 Å². The summed E-state index contributed by atoms with van der Waals surface area (Å²) in [6.07, 6.45) is 7.59. The summed E-state index contributed by atoms with van der Waals surface area (Å²) < 4.78 is 7.69. The maximum atomic E-state index is 6.42. The van der Waals surface area contributed by atoms with Gasteiger partial charge in [0, 0.05) is 37.4 Å². The zero-order chi connectivity index (χ0) is 14.1. The molecule has 112 valence electrons. The Hall–Kier alpha value is -0.910. The lowest BCUT2D eigenvalue weighted by molar-refractivity contribution is 0.179. The maximum Gasteiger partial charge on any atom is 0.0949 e. The van der Waals surface area contributed by atoms with E-state index in [2.05, 4.69) is 28.4 Å². The van der Waals surface area contributed by atoms with E-state index >= 15 is 0 Å². The van der Waals surface area contributed by atoms with E-state index in [1.165, 1.54) is 12.8 Å². The third-order valence-corrected chi connectivity index (χ3v) is 4.84. The number of imidazole rings is 1. The van der Waals surface area contributed by atoms with Gasteiger partial charge in [0.25, 0.3) is 0 Å². The van der Waals surface area contributed by atoms with Crippen molar-refractivity contribution in [2.75, 3.05) is 20.3 Å². The molecular formula is C15H26N4O. The van der Waals surface area contributed by atoms with Gasteiger partial charge in [-0.1, -0.05) is 0 Å². The smallest absolute Gasteiger partial charge is 0.0949 e. The van der Waals surface area contributed by atoms with Crippen LogP contribution in [0.15, 0.2) is 12.5 Å². The number of hydrogen-bond acceptors (Lipinski definition) is 4. The predicted molar refractivity (Wildman–Crippen MR) is 78.3 cm³/mol. The highest BCUT2D eigenvalue weighted by molar-refractivity contribution is 5.07. The van der Waals surface area contributed by atoms with Gasteiger partial charge in [-0.2, -0.15) is 0 Å². The second-order valence-electron chi connectivity index (χ2n) is 6.37. The van der Waals surface area contributed by atoms with E-state index in [0.717, 1.165) is 37.9 Å². The number of nitrogens with zero attached hydrogens (tertiary/aromatic N) is 3. The minimum absolute atomic E-state index is 0.0402. The summed E-state index contributed by atoms with van der Waals surface area (Å²) >= 11 is 0. The summed E-state index contributed by atoms with van der Waals surface area (Å²) in [6, 6.07) is 1.34. The number of likely N-dealkylation sites (N-methyl/N-ethyl adjacent to an activating group) is 1. The van der Waals surface area contributed by atoms with Crippen molar-refractivity contribution < 1.29 is 4.74 Å². The van der Waals surface area contributed by atoms with Crippen molar-refractivity contribution in [3.63, 3.8) is 0 Å². The summed E-state index contributed by atoms with van der Waals surface area (Å²) in [4.78, 5) is 6.79. The molecule has 3 atom stereocenters. The van der Waals surface area contributed by atoms with Gasteiger partial charge in [-0.15, -0.1) is 0 Å². The highest BCUT2D eigenvalue weighted by atomic mass is 16.5. The highest BCUT2D eigenvalue weighted by Gasteiger charge is 2.30. The average Bonchev–Trinajstić information content (AvgIpc) is 2.96. The van der Waals surface area contributed by atoms with E-state index in [0.29, 0.717) is 12.0 Å². The van der Waals surface area contributed by atoms with Crippen LogP contribution in [0, 0.1) is 5.92 Å². The number of rotatable bonds is 6. The van der Waals surface area contributed by atoms with Gasteiger partial charge in [-0.3, -0.25) is 4.90 Å². The number of ether oxygens (including phenoxy) is 1. The first-order valence-corrected chi connectivity index (χ1v) is 7.72. The molecule has 3 unspecified atom stereocenters. The molecule has 20 heavy (non-hydrogen) atoms. The lowest BCUT2D eigenvalue weighted by Gasteiger charge is -2.27. The van der Waals surface area contributed by atoms with Gasteiger partial charge in [0.15, 0.2) is 0 Å². The molecule has 3 rings (SSSR count). The fourth-order valence-electron chi connectivity index (χ4n) is 3.09. The Morgan fingerprint density at radius 3 is 2.95 bits per heavy atom. The molecule has 1 aromatic rings. The largest absolute Gasteiger partial charge is 0.381 e. The Labute approximate surface area is 121 Å². The van der Waals surface area contributed by atoms with E-state index in [9.17, 15) is 0 Å². The molecule has 1 saturated carbocycles. The zero-order valence-electron chi connectivity index (χ0n) is 12.5. The van der Waals surface area contributed by atoms with Crippen LogP contribution < -0.4 is 5.73 Å². The lowest BCUT2D eigenvalue weighted by Crippen LogP contribution is -2.35. The van der Waals surface area contributed by atoms with E-state index < -0.39 is 0 Å². The molecule has 5 heteroatoms. The molecule has 2 aliphatic rings. The predicted octanol–water partition coefficient (Wildman–Crippen LogP) is 1.40. The molecule has 1 aliphatic carbocycles. The maximum absolute atomic E-state index is 6.42. The van der Waals surface area contributed by atoms with Crippen LogP contribution in [0.5, 0.6) is 0 Å². The van der Waals surface area contributed by atoms with Gasteiger partial charge >= 0.3 is 0 Å². The molecule has 2 N–H and O–H groups in total. The number of nitrogens with two attached hydrogens (primary N) is 1. The Kier molecular flexibility index (Phi) is 4.10. The average molecular weight is 278 g/mol. The monoisotopic (exact) mass is 278 g/mol. The van der Waals surface area contributed by atoms with Crippen LogP contribution in [0.1, 0.15) is 37.9 Å². The zero-order valence-corrected chi connectivity index (χ0v) is 12.5. The summed E-state index contributed by atoms with van der Waals surface area (Å²) in [6.45, 7) is 4.87. The van der Waals surface area contributed by atoms with Crippen LogP contribution in [0.2, 0.25) is 0 Å². The molecule has 0 amide bonds. The summed E-state index contributed by atoms with van der Waals surface area (Å²) in [7, 11) is 2.23. The first-order chi connectivity index (χ1) is 9.66. The minimum Gasteiger partial charge on any atom is -0.381 e. The molecular weight excluding hydrogens is 252 g/mol. The lowest BCUT2D eigenvalue weighted by atomic mass is 9.97. The van der Waals surface area contributed by atoms with E-state index in [1.54, 1.807) is 0 Å². The molecule has 2 fully saturated rings. The van der Waals surface area contributed by atoms with E-state index in [-0.39, 0.29) is 6.04 Å². The molecule has 0 radical (unpaired) electrons. The topological polar surface area (TPSA) is 56.3 Å². The summed E-state index contributed by atoms with van der Waals surface area (Å²) in [5.41, 5.74) is 7.56. The minimum atomic E-state index is 0.0402. The van der Waals surface area contributed by atoms with Crippen molar-refractivity contribution in [3.05, 3.63) is 18.2 Å². The van der Waals surface area contributed by atoms with Crippen LogP contribution in [0.3, 0.4) is 0 Å². The van der Waals surface area contributed by atoms with Crippen molar-refractivity contribution >= 4 is 0 Å². The standard InChI is InChI=1S/C15H26N4O/c1-11(18(2)13-3-4-13)8-19-10-17-7-14(19)15(16)12-5-6-20-9-12/h7,10-13,15H,3-6,8-9,16H2,1-2H3. The van der Waals surface area contributed by atoms with Crippen LogP contribution in [-0.4, -0.2) is 46.8 Å².